The van der Waals surface area contributed by atoms with Crippen LogP contribution in [0.2, 0.25) is 5.02 Å². The number of anilines is 4. The number of ether oxygens (including phenoxy) is 2. The van der Waals surface area contributed by atoms with Crippen LogP contribution in [0.15, 0.2) is 29.2 Å². The Labute approximate surface area is 222 Å². The second-order valence-electron chi connectivity index (χ2n) is 10.6. The average molecular weight is 545 g/mol. The van der Waals surface area contributed by atoms with Crippen molar-refractivity contribution in [3.05, 3.63) is 39.8 Å². The van der Waals surface area contributed by atoms with Gasteiger partial charge in [0, 0.05) is 18.1 Å². The molecule has 0 radical (unpaired) electrons. The Hall–Kier alpha value is -3.18. The third kappa shape index (κ3) is 3.86. The van der Waals surface area contributed by atoms with Crippen LogP contribution >= 0.6 is 11.6 Å². The first kappa shape index (κ1) is 23.9. The Balaban J connectivity index is 1.28. The van der Waals surface area contributed by atoms with E-state index in [9.17, 15) is 13.6 Å². The van der Waals surface area contributed by atoms with Crippen LogP contribution in [0.4, 0.5) is 31.9 Å². The Bertz CT molecular complexity index is 1480. The summed E-state index contributed by atoms with van der Waals surface area (Å²) in [5.41, 5.74) is 1.06. The Morgan fingerprint density at radius 3 is 2.68 bits per heavy atom. The molecule has 1 saturated carbocycles. The molecular formula is C26H27ClF2N6O3. The number of pyridine rings is 1. The molecule has 2 bridgehead atoms. The quantitative estimate of drug-likeness (QED) is 0.502. The van der Waals surface area contributed by atoms with Crippen molar-refractivity contribution in [1.29, 1.82) is 0 Å². The van der Waals surface area contributed by atoms with Gasteiger partial charge in [-0.2, -0.15) is 4.98 Å². The van der Waals surface area contributed by atoms with E-state index in [1.165, 1.54) is 4.57 Å². The number of benzene rings is 1. The fourth-order valence-corrected chi connectivity index (χ4v) is 6.09. The summed E-state index contributed by atoms with van der Waals surface area (Å²) in [7, 11) is 1.60. The van der Waals surface area contributed by atoms with Gasteiger partial charge in [0.05, 0.1) is 48.7 Å². The van der Waals surface area contributed by atoms with Gasteiger partial charge >= 0.3 is 5.92 Å². The maximum atomic E-state index is 14.9. The van der Waals surface area contributed by atoms with Crippen LogP contribution in [-0.4, -0.2) is 58.4 Å². The molecule has 3 atom stereocenters. The first-order valence-electron chi connectivity index (χ1n) is 12.9. The average Bonchev–Trinajstić information content (AvgIpc) is 3.71. The standard InChI is InChI=1S/C26H27ClF2N6O3/c1-34-19-7-4-14(31-23-18(27)9-30-25(33-23)35-15-5-6-16(35)11-37-10-15)8-17(19)20-21(24(34)36)38-12-26(28,29)22(32-20)13-2-3-13/h4,7-9,13,15-16,22,32H,2-3,5-6,10-12H2,1H3,(H,30,31,33). The molecule has 2 N–H and O–H groups in total. The predicted molar refractivity (Wildman–Crippen MR) is 140 cm³/mol. The molecule has 1 aromatic carbocycles. The molecule has 7 rings (SSSR count). The van der Waals surface area contributed by atoms with Crippen LogP contribution in [0.3, 0.4) is 0 Å². The molecule has 4 aliphatic rings. The van der Waals surface area contributed by atoms with Crippen molar-refractivity contribution >= 4 is 45.6 Å². The largest absolute Gasteiger partial charge is 0.480 e. The van der Waals surface area contributed by atoms with E-state index in [4.69, 9.17) is 26.1 Å². The summed E-state index contributed by atoms with van der Waals surface area (Å²) in [6.07, 6.45) is 5.08. The number of halogens is 3. The normalized spacial score (nSPS) is 25.9. The Morgan fingerprint density at radius 2 is 1.95 bits per heavy atom. The van der Waals surface area contributed by atoms with Crippen molar-refractivity contribution in [1.82, 2.24) is 14.5 Å². The minimum atomic E-state index is -3.10. The third-order valence-electron chi connectivity index (χ3n) is 8.08. The lowest BCUT2D eigenvalue weighted by Gasteiger charge is -2.34. The number of alkyl halides is 2. The SMILES string of the molecule is Cn1c(=O)c2c(c3cc(Nc4nc(N5C6CCC5COC6)ncc4Cl)ccc31)NC(C1CC1)C(F)(F)CO2. The van der Waals surface area contributed by atoms with Gasteiger partial charge in [0.25, 0.3) is 5.56 Å². The molecule has 2 aromatic heterocycles. The Morgan fingerprint density at radius 1 is 1.18 bits per heavy atom. The molecule has 3 fully saturated rings. The van der Waals surface area contributed by atoms with E-state index >= 15 is 0 Å². The number of nitrogens with one attached hydrogen (secondary N) is 2. The molecule has 38 heavy (non-hydrogen) atoms. The van der Waals surface area contributed by atoms with Crippen LogP contribution in [0.25, 0.3) is 10.9 Å². The predicted octanol–water partition coefficient (Wildman–Crippen LogP) is 4.31. The minimum Gasteiger partial charge on any atom is -0.480 e. The maximum absolute atomic E-state index is 14.9. The molecular weight excluding hydrogens is 518 g/mol. The van der Waals surface area contributed by atoms with Gasteiger partial charge in [0.2, 0.25) is 11.7 Å². The summed E-state index contributed by atoms with van der Waals surface area (Å²) >= 11 is 6.48. The lowest BCUT2D eigenvalue weighted by atomic mass is 10.0. The number of nitrogens with zero attached hydrogens (tertiary/aromatic N) is 4. The molecule has 0 amide bonds. The molecule has 9 nitrogen and oxygen atoms in total. The summed E-state index contributed by atoms with van der Waals surface area (Å²) in [4.78, 5) is 24.5. The first-order chi connectivity index (χ1) is 18.3. The van der Waals surface area contributed by atoms with Crippen LogP contribution in [0, 0.1) is 5.92 Å². The van der Waals surface area contributed by atoms with Crippen LogP contribution < -0.4 is 25.8 Å². The number of fused-ring (bicyclic) bond motifs is 5. The zero-order valence-corrected chi connectivity index (χ0v) is 21.5. The highest BCUT2D eigenvalue weighted by Gasteiger charge is 2.51. The number of rotatable bonds is 4. The zero-order valence-electron chi connectivity index (χ0n) is 20.7. The van der Waals surface area contributed by atoms with Gasteiger partial charge in [0.1, 0.15) is 5.02 Å². The van der Waals surface area contributed by atoms with Crippen molar-refractivity contribution in [2.75, 3.05) is 35.4 Å². The fraction of sp³-hybridized carbons (Fsp3) is 0.500. The molecule has 0 spiro atoms. The highest BCUT2D eigenvalue weighted by Crippen LogP contribution is 2.45. The van der Waals surface area contributed by atoms with Gasteiger partial charge in [-0.3, -0.25) is 4.79 Å². The maximum Gasteiger partial charge on any atom is 0.301 e. The monoisotopic (exact) mass is 544 g/mol. The summed E-state index contributed by atoms with van der Waals surface area (Å²) in [5, 5.41) is 7.22. The molecule has 12 heteroatoms. The van der Waals surface area contributed by atoms with Crippen LogP contribution in [0.5, 0.6) is 5.75 Å². The number of hydrogen-bond acceptors (Lipinski definition) is 8. The summed E-state index contributed by atoms with van der Waals surface area (Å²) in [6, 6.07) is 4.75. The molecule has 1 aliphatic carbocycles. The van der Waals surface area contributed by atoms with Crippen molar-refractivity contribution in [3.63, 3.8) is 0 Å². The van der Waals surface area contributed by atoms with Gasteiger partial charge < -0.3 is 29.6 Å². The number of aryl methyl sites for hydroxylation is 1. The lowest BCUT2D eigenvalue weighted by molar-refractivity contribution is -0.0579. The molecule has 200 valence electrons. The van der Waals surface area contributed by atoms with E-state index in [1.54, 1.807) is 31.4 Å². The van der Waals surface area contributed by atoms with Crippen LogP contribution in [0.1, 0.15) is 25.7 Å². The van der Waals surface area contributed by atoms with Gasteiger partial charge in [0.15, 0.2) is 12.4 Å². The molecule has 2 saturated heterocycles. The second-order valence-corrected chi connectivity index (χ2v) is 11.0. The fourth-order valence-electron chi connectivity index (χ4n) is 5.95. The number of morpholine rings is 1. The third-order valence-corrected chi connectivity index (χ3v) is 8.35. The minimum absolute atomic E-state index is 0.0925. The molecule has 3 aliphatic heterocycles. The number of aromatic nitrogens is 3. The summed E-state index contributed by atoms with van der Waals surface area (Å²) in [6.45, 7) is 0.459. The van der Waals surface area contributed by atoms with E-state index < -0.39 is 24.1 Å². The van der Waals surface area contributed by atoms with Crippen molar-refractivity contribution in [2.45, 2.75) is 49.7 Å². The van der Waals surface area contributed by atoms with E-state index in [0.717, 1.165) is 25.7 Å². The van der Waals surface area contributed by atoms with Gasteiger partial charge in [-0.1, -0.05) is 11.6 Å². The first-order valence-corrected chi connectivity index (χ1v) is 13.3. The van der Waals surface area contributed by atoms with Crippen molar-refractivity contribution in [3.8, 4) is 5.75 Å². The summed E-state index contributed by atoms with van der Waals surface area (Å²) < 4.78 is 42.4. The highest BCUT2D eigenvalue weighted by molar-refractivity contribution is 6.33. The highest BCUT2D eigenvalue weighted by atomic mass is 35.5. The molecule has 5 heterocycles. The van der Waals surface area contributed by atoms with Gasteiger partial charge in [-0.05, 0) is 49.8 Å². The second kappa shape index (κ2) is 8.67. The van der Waals surface area contributed by atoms with Crippen molar-refractivity contribution in [2.24, 2.45) is 13.0 Å². The Kier molecular flexibility index (Phi) is 5.45. The van der Waals surface area contributed by atoms with E-state index in [-0.39, 0.29) is 23.8 Å². The van der Waals surface area contributed by atoms with Gasteiger partial charge in [-0.15, -0.1) is 0 Å². The zero-order chi connectivity index (χ0) is 26.2. The summed E-state index contributed by atoms with van der Waals surface area (Å²) in [5.74, 6) is -2.32. The van der Waals surface area contributed by atoms with Crippen molar-refractivity contribution < 1.29 is 18.3 Å². The lowest BCUT2D eigenvalue weighted by Crippen LogP contribution is -2.46. The van der Waals surface area contributed by atoms with E-state index in [0.29, 0.717) is 52.3 Å². The van der Waals surface area contributed by atoms with Gasteiger partial charge in [-0.25, -0.2) is 13.8 Å². The topological polar surface area (TPSA) is 93.5 Å². The smallest absolute Gasteiger partial charge is 0.301 e. The number of hydrogen-bond donors (Lipinski definition) is 2. The van der Waals surface area contributed by atoms with E-state index in [2.05, 4.69) is 20.5 Å². The molecule has 3 aromatic rings. The molecule has 3 unspecified atom stereocenters. The van der Waals surface area contributed by atoms with E-state index in [1.807, 2.05) is 0 Å². The van der Waals surface area contributed by atoms with Crippen LogP contribution in [-0.2, 0) is 11.8 Å².